The van der Waals surface area contributed by atoms with Gasteiger partial charge in [-0.15, -0.1) is 0 Å². The Balaban J connectivity index is 2.63. The first-order valence-corrected chi connectivity index (χ1v) is 8.77. The first-order valence-electron chi connectivity index (χ1n) is 7.06. The summed E-state index contributed by atoms with van der Waals surface area (Å²) >= 11 is 0. The standard InChI is InChI=1S/C13H26N2O4S/c1-5-14-7-6-11-10-15(8-9-20(11,17)18)12(16)19-13(2,3)4/h11,14H,5-10H2,1-4H3. The van der Waals surface area contributed by atoms with Gasteiger partial charge in [-0.25, -0.2) is 13.2 Å². The van der Waals surface area contributed by atoms with E-state index in [2.05, 4.69) is 5.32 Å². The van der Waals surface area contributed by atoms with E-state index in [4.69, 9.17) is 4.74 Å². The van der Waals surface area contributed by atoms with Gasteiger partial charge in [-0.05, 0) is 40.3 Å². The summed E-state index contributed by atoms with van der Waals surface area (Å²) < 4.78 is 29.3. The van der Waals surface area contributed by atoms with Crippen LogP contribution in [0.4, 0.5) is 4.79 Å². The Morgan fingerprint density at radius 1 is 1.40 bits per heavy atom. The predicted molar refractivity (Wildman–Crippen MR) is 78.5 cm³/mol. The Kier molecular flexibility index (Phi) is 5.82. The minimum absolute atomic E-state index is 0.0169. The van der Waals surface area contributed by atoms with E-state index in [-0.39, 0.29) is 18.8 Å². The van der Waals surface area contributed by atoms with Crippen LogP contribution in [0.2, 0.25) is 0 Å². The van der Waals surface area contributed by atoms with E-state index < -0.39 is 26.8 Å². The smallest absolute Gasteiger partial charge is 0.410 e. The monoisotopic (exact) mass is 306 g/mol. The van der Waals surface area contributed by atoms with Crippen LogP contribution in [0.15, 0.2) is 0 Å². The van der Waals surface area contributed by atoms with Gasteiger partial charge >= 0.3 is 6.09 Å². The highest BCUT2D eigenvalue weighted by Crippen LogP contribution is 2.18. The Hall–Kier alpha value is -0.820. The van der Waals surface area contributed by atoms with Crippen LogP contribution in [-0.2, 0) is 14.6 Å². The lowest BCUT2D eigenvalue weighted by molar-refractivity contribution is 0.0252. The van der Waals surface area contributed by atoms with Gasteiger partial charge in [-0.2, -0.15) is 0 Å². The molecule has 1 aliphatic heterocycles. The van der Waals surface area contributed by atoms with Crippen molar-refractivity contribution in [2.75, 3.05) is 31.9 Å². The van der Waals surface area contributed by atoms with E-state index in [1.54, 1.807) is 20.8 Å². The van der Waals surface area contributed by atoms with Gasteiger partial charge in [0, 0.05) is 13.1 Å². The van der Waals surface area contributed by atoms with Gasteiger partial charge in [0.15, 0.2) is 9.84 Å². The summed E-state index contributed by atoms with van der Waals surface area (Å²) in [6, 6.07) is 0. The van der Waals surface area contributed by atoms with Crippen molar-refractivity contribution in [1.82, 2.24) is 10.2 Å². The molecule has 1 N–H and O–H groups in total. The molecule has 0 aliphatic carbocycles. The molecule has 6 nitrogen and oxygen atoms in total. The average Bonchev–Trinajstić information content (AvgIpc) is 2.29. The maximum Gasteiger partial charge on any atom is 0.410 e. The maximum atomic E-state index is 12.0. The zero-order valence-electron chi connectivity index (χ0n) is 12.8. The predicted octanol–water partition coefficient (Wildman–Crippen LogP) is 1.02. The Morgan fingerprint density at radius 2 is 2.05 bits per heavy atom. The third kappa shape index (κ3) is 5.28. The normalized spacial score (nSPS) is 22.6. The number of nitrogens with one attached hydrogen (secondary N) is 1. The number of hydrogen-bond acceptors (Lipinski definition) is 5. The van der Waals surface area contributed by atoms with E-state index in [9.17, 15) is 13.2 Å². The van der Waals surface area contributed by atoms with Gasteiger partial charge in [0.05, 0.1) is 11.0 Å². The Bertz CT molecular complexity index is 428. The molecule has 1 atom stereocenters. The molecule has 0 bridgehead atoms. The second-order valence-electron chi connectivity index (χ2n) is 6.06. The number of amides is 1. The minimum atomic E-state index is -3.10. The molecule has 0 spiro atoms. The molecule has 1 unspecified atom stereocenters. The molecule has 0 saturated carbocycles. The van der Waals surface area contributed by atoms with E-state index in [1.807, 2.05) is 6.92 Å². The SMILES string of the molecule is CCNCCC1CN(C(=O)OC(C)(C)C)CCS1(=O)=O. The van der Waals surface area contributed by atoms with Crippen molar-refractivity contribution < 1.29 is 17.9 Å². The van der Waals surface area contributed by atoms with E-state index in [0.29, 0.717) is 13.0 Å². The van der Waals surface area contributed by atoms with Crippen LogP contribution in [0.25, 0.3) is 0 Å². The highest BCUT2D eigenvalue weighted by molar-refractivity contribution is 7.92. The van der Waals surface area contributed by atoms with Crippen molar-refractivity contribution >= 4 is 15.9 Å². The zero-order chi connectivity index (χ0) is 15.4. The molecule has 7 heteroatoms. The lowest BCUT2D eigenvalue weighted by Crippen LogP contribution is -2.51. The van der Waals surface area contributed by atoms with Crippen molar-refractivity contribution in [1.29, 1.82) is 0 Å². The number of nitrogens with zero attached hydrogens (tertiary/aromatic N) is 1. The van der Waals surface area contributed by atoms with E-state index >= 15 is 0 Å². The molecule has 1 heterocycles. The molecule has 0 radical (unpaired) electrons. The first-order chi connectivity index (χ1) is 9.15. The molecule has 1 saturated heterocycles. The highest BCUT2D eigenvalue weighted by Gasteiger charge is 2.36. The second-order valence-corrected chi connectivity index (χ2v) is 8.46. The number of sulfone groups is 1. The minimum Gasteiger partial charge on any atom is -0.444 e. The van der Waals surface area contributed by atoms with Gasteiger partial charge in [0.1, 0.15) is 5.60 Å². The van der Waals surface area contributed by atoms with Crippen LogP contribution in [0.1, 0.15) is 34.1 Å². The van der Waals surface area contributed by atoms with Crippen LogP contribution in [0, 0.1) is 0 Å². The summed E-state index contributed by atoms with van der Waals surface area (Å²) in [6.07, 6.45) is 0.0935. The molecule has 1 fully saturated rings. The van der Waals surface area contributed by atoms with Gasteiger partial charge in [-0.1, -0.05) is 6.92 Å². The molecular formula is C13H26N2O4S. The topological polar surface area (TPSA) is 75.7 Å². The number of hydrogen-bond donors (Lipinski definition) is 1. The quantitative estimate of drug-likeness (QED) is 0.785. The molecule has 1 amide bonds. The summed E-state index contributed by atoms with van der Waals surface area (Å²) in [6.45, 7) is 9.27. The Morgan fingerprint density at radius 3 is 2.60 bits per heavy atom. The fraction of sp³-hybridized carbons (Fsp3) is 0.923. The number of carbonyl (C=O) groups is 1. The molecule has 0 aromatic rings. The molecule has 118 valence electrons. The van der Waals surface area contributed by atoms with Gasteiger partial charge in [0.2, 0.25) is 0 Å². The van der Waals surface area contributed by atoms with Crippen LogP contribution >= 0.6 is 0 Å². The molecule has 1 aliphatic rings. The lowest BCUT2D eigenvalue weighted by atomic mass is 10.2. The van der Waals surface area contributed by atoms with Crippen molar-refractivity contribution in [2.24, 2.45) is 0 Å². The van der Waals surface area contributed by atoms with Crippen molar-refractivity contribution in [3.63, 3.8) is 0 Å². The van der Waals surface area contributed by atoms with Crippen LogP contribution < -0.4 is 5.32 Å². The van der Waals surface area contributed by atoms with Crippen LogP contribution in [0.5, 0.6) is 0 Å². The largest absolute Gasteiger partial charge is 0.444 e. The summed E-state index contributed by atoms with van der Waals surface area (Å²) in [5, 5.41) is 2.62. The number of carbonyl (C=O) groups excluding carboxylic acids is 1. The van der Waals surface area contributed by atoms with Gasteiger partial charge in [-0.3, -0.25) is 0 Å². The van der Waals surface area contributed by atoms with Crippen molar-refractivity contribution in [3.05, 3.63) is 0 Å². The summed E-state index contributed by atoms with van der Waals surface area (Å²) in [5.74, 6) is 0.0169. The maximum absolute atomic E-state index is 12.0. The number of ether oxygens (including phenoxy) is 1. The molecule has 20 heavy (non-hydrogen) atoms. The summed E-state index contributed by atoms with van der Waals surface area (Å²) in [5.41, 5.74) is -0.563. The van der Waals surface area contributed by atoms with Crippen molar-refractivity contribution in [2.45, 2.75) is 45.0 Å². The number of rotatable bonds is 4. The lowest BCUT2D eigenvalue weighted by Gasteiger charge is -2.34. The highest BCUT2D eigenvalue weighted by atomic mass is 32.2. The second kappa shape index (κ2) is 6.76. The molecule has 1 rings (SSSR count). The van der Waals surface area contributed by atoms with E-state index in [1.165, 1.54) is 4.90 Å². The van der Waals surface area contributed by atoms with Crippen molar-refractivity contribution in [3.8, 4) is 0 Å². The van der Waals surface area contributed by atoms with Gasteiger partial charge < -0.3 is 15.0 Å². The summed E-state index contributed by atoms with van der Waals surface area (Å²) in [7, 11) is -3.10. The third-order valence-corrected chi connectivity index (χ3v) is 5.27. The van der Waals surface area contributed by atoms with Crippen LogP contribution in [-0.4, -0.2) is 62.2 Å². The Labute approximate surface area is 121 Å². The van der Waals surface area contributed by atoms with E-state index in [0.717, 1.165) is 6.54 Å². The fourth-order valence-corrected chi connectivity index (χ4v) is 3.75. The average molecular weight is 306 g/mol. The summed E-state index contributed by atoms with van der Waals surface area (Å²) in [4.78, 5) is 13.5. The van der Waals surface area contributed by atoms with Gasteiger partial charge in [0.25, 0.3) is 0 Å². The fourth-order valence-electron chi connectivity index (χ4n) is 2.06. The molecular weight excluding hydrogens is 280 g/mol. The van der Waals surface area contributed by atoms with Crippen LogP contribution in [0.3, 0.4) is 0 Å². The zero-order valence-corrected chi connectivity index (χ0v) is 13.6. The molecule has 0 aromatic heterocycles. The third-order valence-electron chi connectivity index (χ3n) is 3.12. The molecule has 0 aromatic carbocycles. The first kappa shape index (κ1) is 17.2.